The van der Waals surface area contributed by atoms with Crippen molar-refractivity contribution in [2.45, 2.75) is 56.3 Å². The van der Waals surface area contributed by atoms with Crippen LogP contribution in [0.1, 0.15) is 31.4 Å². The van der Waals surface area contributed by atoms with Crippen molar-refractivity contribution in [3.63, 3.8) is 0 Å². The van der Waals surface area contributed by atoms with Crippen molar-refractivity contribution in [3.8, 4) is 0 Å². The van der Waals surface area contributed by atoms with Gasteiger partial charge in [-0.3, -0.25) is 19.2 Å². The molecule has 13 nitrogen and oxygen atoms in total. The Balaban J connectivity index is 2.14. The van der Waals surface area contributed by atoms with Crippen LogP contribution in [0.25, 0.3) is 0 Å². The van der Waals surface area contributed by atoms with Crippen molar-refractivity contribution in [3.05, 3.63) is 18.2 Å². The molecule has 1 aliphatic rings. The number of carbonyl (C=O) groups is 5. The van der Waals surface area contributed by atoms with E-state index in [-0.39, 0.29) is 18.4 Å². The fourth-order valence-electron chi connectivity index (χ4n) is 3.46. The van der Waals surface area contributed by atoms with Gasteiger partial charge in [-0.1, -0.05) is 0 Å². The monoisotopic (exact) mass is 497 g/mol. The van der Waals surface area contributed by atoms with Gasteiger partial charge in [0.1, 0.15) is 18.1 Å². The molecule has 2 heterocycles. The van der Waals surface area contributed by atoms with E-state index in [0.29, 0.717) is 24.3 Å². The van der Waals surface area contributed by atoms with Crippen LogP contribution < -0.4 is 27.0 Å². The topological polar surface area (TPSA) is 208 Å². The summed E-state index contributed by atoms with van der Waals surface area (Å²) in [7, 11) is 0. The number of carbonyl (C=O) groups excluding carboxylic acids is 4. The molecule has 0 radical (unpaired) electrons. The summed E-state index contributed by atoms with van der Waals surface area (Å²) in [6.07, 6.45) is 5.98. The minimum Gasteiger partial charge on any atom is -0.480 e. The highest BCUT2D eigenvalue weighted by molar-refractivity contribution is 7.98. The third-order valence-corrected chi connectivity index (χ3v) is 5.90. The molecule has 0 saturated carbocycles. The number of carboxylic acid groups (broad SMARTS) is 1. The highest BCUT2D eigenvalue weighted by atomic mass is 32.2. The number of thioether (sulfide) groups is 1. The number of nitrogens with zero attached hydrogens (tertiary/aromatic N) is 1. The molecule has 0 aliphatic carbocycles. The number of aromatic amines is 1. The van der Waals surface area contributed by atoms with Gasteiger partial charge in [-0.15, -0.1) is 0 Å². The minimum absolute atomic E-state index is 0.0200. The first-order chi connectivity index (χ1) is 16.2. The fraction of sp³-hybridized carbons (Fsp3) is 0.600. The van der Waals surface area contributed by atoms with E-state index in [1.54, 1.807) is 0 Å². The van der Waals surface area contributed by atoms with E-state index in [4.69, 9.17) is 5.73 Å². The van der Waals surface area contributed by atoms with Gasteiger partial charge in [0, 0.05) is 18.3 Å². The van der Waals surface area contributed by atoms with E-state index >= 15 is 0 Å². The van der Waals surface area contributed by atoms with Gasteiger partial charge >= 0.3 is 5.97 Å². The molecule has 188 valence electrons. The van der Waals surface area contributed by atoms with Crippen LogP contribution in [-0.2, 0) is 30.4 Å². The summed E-state index contributed by atoms with van der Waals surface area (Å²) in [6.45, 7) is 0.724. The molecule has 1 saturated heterocycles. The Bertz CT molecular complexity index is 860. The maximum atomic E-state index is 13.1. The molecular weight excluding hydrogens is 466 g/mol. The van der Waals surface area contributed by atoms with Gasteiger partial charge in [-0.2, -0.15) is 11.8 Å². The largest absolute Gasteiger partial charge is 0.480 e. The molecule has 1 fully saturated rings. The predicted molar refractivity (Wildman–Crippen MR) is 124 cm³/mol. The van der Waals surface area contributed by atoms with E-state index < -0.39 is 48.2 Å². The Morgan fingerprint density at radius 3 is 2.44 bits per heavy atom. The van der Waals surface area contributed by atoms with Crippen LogP contribution >= 0.6 is 11.8 Å². The van der Waals surface area contributed by atoms with E-state index in [0.717, 1.165) is 13.0 Å². The number of primary amides is 1. The van der Waals surface area contributed by atoms with Gasteiger partial charge in [0.05, 0.1) is 18.8 Å². The number of aliphatic carboxylic acids is 1. The molecule has 8 N–H and O–H groups in total. The summed E-state index contributed by atoms with van der Waals surface area (Å²) in [4.78, 5) is 67.8. The number of rotatable bonds is 14. The molecular formula is C20H31N7O6S. The lowest BCUT2D eigenvalue weighted by molar-refractivity contribution is -0.143. The van der Waals surface area contributed by atoms with Gasteiger partial charge in [0.2, 0.25) is 23.6 Å². The smallest absolute Gasteiger partial charge is 0.326 e. The third-order valence-electron chi connectivity index (χ3n) is 5.25. The summed E-state index contributed by atoms with van der Waals surface area (Å²) in [5.41, 5.74) is 5.59. The van der Waals surface area contributed by atoms with Crippen molar-refractivity contribution < 1.29 is 29.1 Å². The number of nitrogens with two attached hydrogens (primary N) is 1. The lowest BCUT2D eigenvalue weighted by atomic mass is 10.1. The van der Waals surface area contributed by atoms with Crippen LogP contribution in [-0.4, -0.2) is 87.4 Å². The third kappa shape index (κ3) is 8.67. The van der Waals surface area contributed by atoms with Crippen molar-refractivity contribution >= 4 is 41.4 Å². The van der Waals surface area contributed by atoms with Gasteiger partial charge in [0.15, 0.2) is 0 Å². The second-order valence-electron chi connectivity index (χ2n) is 7.90. The molecule has 4 unspecified atom stereocenters. The summed E-state index contributed by atoms with van der Waals surface area (Å²) >= 11 is 1.50. The molecule has 0 bridgehead atoms. The molecule has 1 aromatic rings. The summed E-state index contributed by atoms with van der Waals surface area (Å²) in [5.74, 6) is -3.44. The Morgan fingerprint density at radius 1 is 1.18 bits per heavy atom. The molecule has 34 heavy (non-hydrogen) atoms. The standard InChI is InChI=1S/C20H31N7O6S/c1-34-6-4-13(25-17(29)12-3-2-5-23-12)18(30)26-14(7-11-9-22-10-24-11)19(31)27-15(20(32)33)8-16(21)28/h9-10,12-15,23H,2-8H2,1H3,(H2,21,28)(H,22,24)(H,25,29)(H,26,30)(H,27,31)(H,32,33). The molecule has 0 aromatic carbocycles. The quantitative estimate of drug-likeness (QED) is 0.149. The lowest BCUT2D eigenvalue weighted by Crippen LogP contribution is -2.58. The van der Waals surface area contributed by atoms with Crippen LogP contribution in [0.3, 0.4) is 0 Å². The maximum Gasteiger partial charge on any atom is 0.326 e. The second-order valence-corrected chi connectivity index (χ2v) is 8.89. The highest BCUT2D eigenvalue weighted by Gasteiger charge is 2.32. The number of hydrogen-bond donors (Lipinski definition) is 7. The lowest BCUT2D eigenvalue weighted by Gasteiger charge is -2.25. The first-order valence-electron chi connectivity index (χ1n) is 10.8. The predicted octanol–water partition coefficient (Wildman–Crippen LogP) is -2.13. The number of aromatic nitrogens is 2. The number of imidazole rings is 1. The van der Waals surface area contributed by atoms with Gasteiger partial charge in [0.25, 0.3) is 0 Å². The zero-order valence-electron chi connectivity index (χ0n) is 18.8. The first kappa shape index (κ1) is 27.1. The van der Waals surface area contributed by atoms with Gasteiger partial charge in [-0.05, 0) is 37.8 Å². The molecule has 4 amide bonds. The highest BCUT2D eigenvalue weighted by Crippen LogP contribution is 2.08. The molecule has 0 spiro atoms. The van der Waals surface area contributed by atoms with Crippen LogP contribution in [0.4, 0.5) is 0 Å². The zero-order chi connectivity index (χ0) is 25.1. The SMILES string of the molecule is CSCCC(NC(=O)C1CCCN1)C(=O)NC(Cc1cnc[nH]1)C(=O)NC(CC(N)=O)C(=O)O. The Morgan fingerprint density at radius 2 is 1.88 bits per heavy atom. The number of nitrogens with one attached hydrogen (secondary N) is 5. The maximum absolute atomic E-state index is 13.1. The average molecular weight is 498 g/mol. The van der Waals surface area contributed by atoms with Crippen LogP contribution in [0, 0.1) is 0 Å². The molecule has 14 heteroatoms. The normalized spacial score (nSPS) is 17.9. The fourth-order valence-corrected chi connectivity index (χ4v) is 3.93. The van der Waals surface area contributed by atoms with Crippen LogP contribution in [0.2, 0.25) is 0 Å². The summed E-state index contributed by atoms with van der Waals surface area (Å²) in [6, 6.07) is -4.01. The first-order valence-corrected chi connectivity index (χ1v) is 12.2. The van der Waals surface area contributed by atoms with E-state index in [1.165, 1.54) is 24.3 Å². The summed E-state index contributed by atoms with van der Waals surface area (Å²) < 4.78 is 0. The van der Waals surface area contributed by atoms with E-state index in [1.807, 2.05) is 6.26 Å². The molecule has 1 aromatic heterocycles. The summed E-state index contributed by atoms with van der Waals surface area (Å²) in [5, 5.41) is 20.0. The second kappa shape index (κ2) is 13.5. The van der Waals surface area contributed by atoms with Gasteiger partial charge in [-0.25, -0.2) is 9.78 Å². The number of hydrogen-bond acceptors (Lipinski definition) is 8. The Labute approximate surface area is 200 Å². The number of H-pyrrole nitrogens is 1. The Hall–Kier alpha value is -3.13. The zero-order valence-corrected chi connectivity index (χ0v) is 19.7. The Kier molecular flexibility index (Phi) is 10.8. The van der Waals surface area contributed by atoms with Crippen LogP contribution in [0.15, 0.2) is 12.5 Å². The van der Waals surface area contributed by atoms with Gasteiger partial charge < -0.3 is 37.1 Å². The number of amides is 4. The molecule has 1 aliphatic heterocycles. The number of carboxylic acids is 1. The van der Waals surface area contributed by atoms with E-state index in [2.05, 4.69) is 31.2 Å². The molecule has 4 atom stereocenters. The van der Waals surface area contributed by atoms with Crippen LogP contribution in [0.5, 0.6) is 0 Å². The minimum atomic E-state index is -1.55. The van der Waals surface area contributed by atoms with Crippen molar-refractivity contribution in [2.24, 2.45) is 5.73 Å². The average Bonchev–Trinajstić information content (AvgIpc) is 3.49. The van der Waals surface area contributed by atoms with Crippen molar-refractivity contribution in [1.82, 2.24) is 31.2 Å². The van der Waals surface area contributed by atoms with E-state index in [9.17, 15) is 29.1 Å². The van der Waals surface area contributed by atoms with Crippen molar-refractivity contribution in [2.75, 3.05) is 18.6 Å². The molecule has 2 rings (SSSR count). The van der Waals surface area contributed by atoms with Crippen molar-refractivity contribution in [1.29, 1.82) is 0 Å².